The van der Waals surface area contributed by atoms with Crippen LogP contribution < -0.4 is 0 Å². The van der Waals surface area contributed by atoms with Crippen molar-refractivity contribution in [2.45, 2.75) is 97.3 Å². The Morgan fingerprint density at radius 3 is 2.08 bits per heavy atom. The molecular formula is C23H42O. The summed E-state index contributed by atoms with van der Waals surface area (Å²) in [6.45, 7) is 6.21. The molecule has 140 valence electrons. The predicted octanol–water partition coefficient (Wildman–Crippen LogP) is 7.16. The topological polar surface area (TPSA) is 9.23 Å². The Kier molecular flexibility index (Phi) is 10.1. The van der Waals surface area contributed by atoms with Gasteiger partial charge in [0.2, 0.25) is 0 Å². The standard InChI is InChI=1S/C23H42O/c1-3-5-6-8-20-10-14-22(15-11-20)23-16-12-21(13-17-23)9-7-19-24-18-4-2/h7,9,20-23H,3-6,8,10-19H2,1-2H3/b9-7+/t20-,21-,22-,23-. The Morgan fingerprint density at radius 1 is 0.792 bits per heavy atom. The number of rotatable bonds is 10. The van der Waals surface area contributed by atoms with Crippen LogP contribution in [0.2, 0.25) is 0 Å². The van der Waals surface area contributed by atoms with Gasteiger partial charge in [0.15, 0.2) is 0 Å². The van der Waals surface area contributed by atoms with Gasteiger partial charge in [0.25, 0.3) is 0 Å². The van der Waals surface area contributed by atoms with Gasteiger partial charge >= 0.3 is 0 Å². The Hall–Kier alpha value is -0.300. The number of allylic oxidation sites excluding steroid dienone is 1. The fourth-order valence-corrected chi connectivity index (χ4v) is 4.98. The van der Waals surface area contributed by atoms with Gasteiger partial charge in [0.05, 0.1) is 6.61 Å². The van der Waals surface area contributed by atoms with Crippen LogP contribution in [-0.2, 0) is 4.74 Å². The van der Waals surface area contributed by atoms with Crippen LogP contribution in [0.3, 0.4) is 0 Å². The van der Waals surface area contributed by atoms with Crippen molar-refractivity contribution in [2.75, 3.05) is 13.2 Å². The van der Waals surface area contributed by atoms with E-state index >= 15 is 0 Å². The molecule has 0 aromatic carbocycles. The average molecular weight is 335 g/mol. The van der Waals surface area contributed by atoms with E-state index in [4.69, 9.17) is 4.74 Å². The Balaban J connectivity index is 1.58. The monoisotopic (exact) mass is 334 g/mol. The van der Waals surface area contributed by atoms with Crippen molar-refractivity contribution < 1.29 is 4.74 Å². The Morgan fingerprint density at radius 2 is 1.46 bits per heavy atom. The first-order chi connectivity index (χ1) is 11.8. The maximum atomic E-state index is 5.55. The second-order valence-corrected chi connectivity index (χ2v) is 8.45. The molecule has 2 fully saturated rings. The summed E-state index contributed by atoms with van der Waals surface area (Å²) in [5.41, 5.74) is 0. The van der Waals surface area contributed by atoms with Crippen LogP contribution in [0.25, 0.3) is 0 Å². The molecule has 0 aromatic heterocycles. The van der Waals surface area contributed by atoms with E-state index in [1.54, 1.807) is 0 Å². The maximum Gasteiger partial charge on any atom is 0.0647 e. The zero-order valence-electron chi connectivity index (χ0n) is 16.5. The van der Waals surface area contributed by atoms with E-state index in [1.807, 2.05) is 0 Å². The van der Waals surface area contributed by atoms with E-state index in [0.717, 1.165) is 43.3 Å². The minimum Gasteiger partial charge on any atom is -0.377 e. The third-order valence-electron chi connectivity index (χ3n) is 6.56. The summed E-state index contributed by atoms with van der Waals surface area (Å²) >= 11 is 0. The first kappa shape index (κ1) is 20.0. The van der Waals surface area contributed by atoms with Crippen LogP contribution in [0.15, 0.2) is 12.2 Å². The van der Waals surface area contributed by atoms with Gasteiger partial charge in [-0.2, -0.15) is 0 Å². The summed E-state index contributed by atoms with van der Waals surface area (Å²) in [5, 5.41) is 0. The minimum absolute atomic E-state index is 0.815. The lowest BCUT2D eigenvalue weighted by molar-refractivity contribution is 0.150. The number of unbranched alkanes of at least 4 members (excludes halogenated alkanes) is 2. The van der Waals surface area contributed by atoms with Crippen LogP contribution in [0.5, 0.6) is 0 Å². The quantitative estimate of drug-likeness (QED) is 0.304. The van der Waals surface area contributed by atoms with E-state index in [-0.39, 0.29) is 0 Å². The molecule has 0 radical (unpaired) electrons. The van der Waals surface area contributed by atoms with Crippen LogP contribution in [0.1, 0.15) is 97.3 Å². The molecule has 1 nitrogen and oxygen atoms in total. The average Bonchev–Trinajstić information content (AvgIpc) is 2.63. The summed E-state index contributed by atoms with van der Waals surface area (Å²) in [4.78, 5) is 0. The second kappa shape index (κ2) is 12.1. The van der Waals surface area contributed by atoms with Gasteiger partial charge in [-0.3, -0.25) is 0 Å². The fraction of sp³-hybridized carbons (Fsp3) is 0.913. The fourth-order valence-electron chi connectivity index (χ4n) is 4.98. The number of ether oxygens (including phenoxy) is 1. The highest BCUT2D eigenvalue weighted by atomic mass is 16.5. The molecule has 0 amide bonds. The molecule has 0 atom stereocenters. The van der Waals surface area contributed by atoms with Gasteiger partial charge in [-0.05, 0) is 68.6 Å². The summed E-state index contributed by atoms with van der Waals surface area (Å²) in [5.74, 6) is 4.00. The van der Waals surface area contributed by atoms with Gasteiger partial charge in [-0.25, -0.2) is 0 Å². The molecule has 2 aliphatic carbocycles. The lowest BCUT2D eigenvalue weighted by Gasteiger charge is -2.37. The van der Waals surface area contributed by atoms with E-state index in [1.165, 1.54) is 77.0 Å². The van der Waals surface area contributed by atoms with Crippen molar-refractivity contribution >= 4 is 0 Å². The van der Waals surface area contributed by atoms with Crippen molar-refractivity contribution in [1.82, 2.24) is 0 Å². The molecule has 0 spiro atoms. The molecule has 0 saturated heterocycles. The van der Waals surface area contributed by atoms with Gasteiger partial charge in [-0.15, -0.1) is 0 Å². The van der Waals surface area contributed by atoms with E-state index in [0.29, 0.717) is 0 Å². The third kappa shape index (κ3) is 7.30. The summed E-state index contributed by atoms with van der Waals surface area (Å²) in [6, 6.07) is 0. The molecule has 2 saturated carbocycles. The van der Waals surface area contributed by atoms with Crippen LogP contribution in [0, 0.1) is 23.7 Å². The van der Waals surface area contributed by atoms with E-state index in [2.05, 4.69) is 26.0 Å². The highest BCUT2D eigenvalue weighted by Crippen LogP contribution is 2.42. The summed E-state index contributed by atoms with van der Waals surface area (Å²) in [7, 11) is 0. The molecule has 1 heteroatoms. The Bertz CT molecular complexity index is 319. The largest absolute Gasteiger partial charge is 0.377 e. The van der Waals surface area contributed by atoms with Crippen molar-refractivity contribution in [1.29, 1.82) is 0 Å². The highest BCUT2D eigenvalue weighted by Gasteiger charge is 2.30. The molecule has 0 aromatic rings. The second-order valence-electron chi connectivity index (χ2n) is 8.45. The minimum atomic E-state index is 0.815. The first-order valence-corrected chi connectivity index (χ1v) is 11.1. The molecule has 24 heavy (non-hydrogen) atoms. The van der Waals surface area contributed by atoms with Crippen molar-refractivity contribution in [2.24, 2.45) is 23.7 Å². The number of hydrogen-bond donors (Lipinski definition) is 0. The molecule has 2 aliphatic rings. The molecule has 0 aliphatic heterocycles. The lowest BCUT2D eigenvalue weighted by Crippen LogP contribution is -2.25. The molecule has 0 bridgehead atoms. The van der Waals surface area contributed by atoms with Crippen LogP contribution in [-0.4, -0.2) is 13.2 Å². The van der Waals surface area contributed by atoms with E-state index in [9.17, 15) is 0 Å². The highest BCUT2D eigenvalue weighted by molar-refractivity contribution is 4.92. The van der Waals surface area contributed by atoms with Gasteiger partial charge < -0.3 is 4.74 Å². The zero-order valence-corrected chi connectivity index (χ0v) is 16.5. The molecule has 0 heterocycles. The zero-order chi connectivity index (χ0) is 17.0. The Labute approximate surface area is 151 Å². The van der Waals surface area contributed by atoms with Crippen molar-refractivity contribution in [3.63, 3.8) is 0 Å². The first-order valence-electron chi connectivity index (χ1n) is 11.1. The predicted molar refractivity (Wildman–Crippen MR) is 105 cm³/mol. The van der Waals surface area contributed by atoms with Gasteiger partial charge in [0, 0.05) is 6.61 Å². The molecule has 0 unspecified atom stereocenters. The lowest BCUT2D eigenvalue weighted by atomic mass is 9.68. The van der Waals surface area contributed by atoms with Crippen LogP contribution >= 0.6 is 0 Å². The SMILES string of the molecule is CCCCC[C@H]1CC[C@H]([C@H]2CC[C@H](/C=C/COCCC)CC2)CC1. The van der Waals surface area contributed by atoms with Crippen molar-refractivity contribution in [3.05, 3.63) is 12.2 Å². The van der Waals surface area contributed by atoms with Gasteiger partial charge in [0.1, 0.15) is 0 Å². The number of hydrogen-bond acceptors (Lipinski definition) is 1. The normalized spacial score (nSPS) is 31.6. The molecule has 0 N–H and O–H groups in total. The maximum absolute atomic E-state index is 5.55. The smallest absolute Gasteiger partial charge is 0.0647 e. The third-order valence-corrected chi connectivity index (χ3v) is 6.56. The molecular weight excluding hydrogens is 292 g/mol. The molecule has 2 rings (SSSR count). The van der Waals surface area contributed by atoms with Gasteiger partial charge in [-0.1, -0.05) is 64.5 Å². The summed E-state index contributed by atoms with van der Waals surface area (Å²) < 4.78 is 5.55. The summed E-state index contributed by atoms with van der Waals surface area (Å²) in [6.07, 6.45) is 23.6. The van der Waals surface area contributed by atoms with E-state index < -0.39 is 0 Å². The van der Waals surface area contributed by atoms with Crippen LogP contribution in [0.4, 0.5) is 0 Å². The van der Waals surface area contributed by atoms with Crippen molar-refractivity contribution in [3.8, 4) is 0 Å².